The van der Waals surface area contributed by atoms with Gasteiger partial charge in [0.25, 0.3) is 5.91 Å². The van der Waals surface area contributed by atoms with Gasteiger partial charge in [-0.25, -0.2) is 0 Å². The van der Waals surface area contributed by atoms with Gasteiger partial charge in [-0.2, -0.15) is 13.2 Å². The number of hydrogen-bond donors (Lipinski definition) is 0. The van der Waals surface area contributed by atoms with Gasteiger partial charge in [0.1, 0.15) is 0 Å². The van der Waals surface area contributed by atoms with Crippen molar-refractivity contribution in [3.63, 3.8) is 0 Å². The number of amides is 1. The first kappa shape index (κ1) is 18.7. The fourth-order valence-corrected chi connectivity index (χ4v) is 4.15. The molecule has 2 aromatic rings. The molecule has 0 radical (unpaired) electrons. The molecule has 6 heteroatoms. The van der Waals surface area contributed by atoms with Crippen LogP contribution in [0, 0.1) is 5.92 Å². The normalized spacial score (nSPS) is 24.5. The largest absolute Gasteiger partial charge is 0.416 e. The summed E-state index contributed by atoms with van der Waals surface area (Å²) in [6.45, 7) is 2.13. The third-order valence-corrected chi connectivity index (χ3v) is 5.49. The lowest BCUT2D eigenvalue weighted by Gasteiger charge is -2.32. The number of rotatable bonds is 2. The Morgan fingerprint density at radius 2 is 1.86 bits per heavy atom. The van der Waals surface area contributed by atoms with Crippen molar-refractivity contribution in [1.82, 2.24) is 0 Å². The monoisotopic (exact) mass is 387 g/mol. The number of carbonyl (C=O) groups excluding carboxylic acids is 1. The smallest absolute Gasteiger partial charge is 0.359 e. The summed E-state index contributed by atoms with van der Waals surface area (Å²) in [6, 6.07) is 12.6. The molecule has 0 aliphatic carbocycles. The van der Waals surface area contributed by atoms with Crippen molar-refractivity contribution in [2.45, 2.75) is 31.7 Å². The summed E-state index contributed by atoms with van der Waals surface area (Å²) in [5.74, 6) is -0.545. The Kier molecular flexibility index (Phi) is 4.54. The fourth-order valence-electron chi connectivity index (χ4n) is 4.15. The summed E-state index contributed by atoms with van der Waals surface area (Å²) in [6.07, 6.45) is 0.148. The summed E-state index contributed by atoms with van der Waals surface area (Å²) >= 11 is 0. The highest BCUT2D eigenvalue weighted by atomic mass is 19.4. The van der Waals surface area contributed by atoms with Gasteiger partial charge in [0, 0.05) is 11.5 Å². The van der Waals surface area contributed by atoms with Crippen molar-refractivity contribution in [3.8, 4) is 0 Å². The highest BCUT2D eigenvalue weighted by Gasteiger charge is 2.55. The highest BCUT2D eigenvalue weighted by molar-refractivity contribution is 6.07. The number of anilines is 1. The molecule has 4 rings (SSSR count). The van der Waals surface area contributed by atoms with Crippen molar-refractivity contribution in [2.24, 2.45) is 5.92 Å². The van der Waals surface area contributed by atoms with Crippen molar-refractivity contribution < 1.29 is 22.7 Å². The van der Waals surface area contributed by atoms with E-state index >= 15 is 0 Å². The summed E-state index contributed by atoms with van der Waals surface area (Å²) < 4.78 is 46.4. The molecule has 1 spiro atoms. The summed E-state index contributed by atoms with van der Waals surface area (Å²) in [7, 11) is 0. The lowest BCUT2D eigenvalue weighted by Crippen LogP contribution is -2.46. The first-order chi connectivity index (χ1) is 13.4. The van der Waals surface area contributed by atoms with Crippen LogP contribution in [0.1, 0.15) is 30.0 Å². The maximum atomic E-state index is 13.6. The van der Waals surface area contributed by atoms with E-state index in [0.29, 0.717) is 24.3 Å². The second-order valence-electron chi connectivity index (χ2n) is 7.15. The zero-order chi connectivity index (χ0) is 19.9. The van der Waals surface area contributed by atoms with Crippen LogP contribution in [0.3, 0.4) is 0 Å². The Labute approximate surface area is 161 Å². The van der Waals surface area contributed by atoms with Gasteiger partial charge >= 0.3 is 6.18 Å². The molecule has 0 unspecified atom stereocenters. The van der Waals surface area contributed by atoms with Crippen LogP contribution < -0.4 is 4.90 Å². The number of fused-ring (bicyclic) bond motifs is 2. The van der Waals surface area contributed by atoms with Gasteiger partial charge in [0.05, 0.1) is 24.4 Å². The molecule has 1 amide bonds. The molecule has 28 heavy (non-hydrogen) atoms. The van der Waals surface area contributed by atoms with Crippen LogP contribution in [0.5, 0.6) is 0 Å². The van der Waals surface area contributed by atoms with Crippen LogP contribution in [0.25, 0.3) is 0 Å². The number of benzene rings is 2. The number of halogens is 3. The average Bonchev–Trinajstić information content (AvgIpc) is 2.79. The van der Waals surface area contributed by atoms with Crippen LogP contribution in [0.15, 0.2) is 60.7 Å². The predicted octanol–water partition coefficient (Wildman–Crippen LogP) is 5.06. The minimum absolute atomic E-state index is 0.0621. The number of ether oxygens (including phenoxy) is 1. The second-order valence-corrected chi connectivity index (χ2v) is 7.15. The molecule has 0 saturated heterocycles. The van der Waals surface area contributed by atoms with E-state index in [1.54, 1.807) is 18.2 Å². The van der Waals surface area contributed by atoms with Crippen molar-refractivity contribution in [1.29, 1.82) is 0 Å². The maximum Gasteiger partial charge on any atom is 0.416 e. The first-order valence-corrected chi connectivity index (χ1v) is 9.23. The molecule has 0 N–H and O–H groups in total. The summed E-state index contributed by atoms with van der Waals surface area (Å²) in [5.41, 5.74) is -0.547. The topological polar surface area (TPSA) is 29.5 Å². The lowest BCUT2D eigenvalue weighted by molar-refractivity contribution is -0.148. The lowest BCUT2D eigenvalue weighted by atomic mass is 9.83. The SMILES string of the molecule is C[C@@H]1C=CCCO[C@]12C(=O)N(Cc1ccccc1C(F)(F)F)c1ccccc12. The first-order valence-electron chi connectivity index (χ1n) is 9.23. The second kappa shape index (κ2) is 6.78. The van der Waals surface area contributed by atoms with Gasteiger partial charge in [0.2, 0.25) is 0 Å². The number of carbonyl (C=O) groups is 1. The molecule has 2 aromatic carbocycles. The molecular weight excluding hydrogens is 367 g/mol. The van der Waals surface area contributed by atoms with Gasteiger partial charge in [-0.3, -0.25) is 4.79 Å². The molecule has 0 bridgehead atoms. The van der Waals surface area contributed by atoms with E-state index < -0.39 is 17.3 Å². The van der Waals surface area contributed by atoms with E-state index in [-0.39, 0.29) is 23.9 Å². The van der Waals surface area contributed by atoms with E-state index in [1.165, 1.54) is 17.0 Å². The van der Waals surface area contributed by atoms with E-state index in [2.05, 4.69) is 0 Å². The van der Waals surface area contributed by atoms with Gasteiger partial charge in [-0.15, -0.1) is 0 Å². The van der Waals surface area contributed by atoms with E-state index in [4.69, 9.17) is 4.74 Å². The van der Waals surface area contributed by atoms with Crippen molar-refractivity contribution in [2.75, 3.05) is 11.5 Å². The quantitative estimate of drug-likeness (QED) is 0.674. The van der Waals surface area contributed by atoms with Gasteiger partial charge < -0.3 is 9.64 Å². The number of alkyl halides is 3. The van der Waals surface area contributed by atoms with Crippen LogP contribution in [0.4, 0.5) is 18.9 Å². The third kappa shape index (κ3) is 2.83. The Morgan fingerprint density at radius 3 is 2.64 bits per heavy atom. The van der Waals surface area contributed by atoms with Crippen LogP contribution >= 0.6 is 0 Å². The zero-order valence-electron chi connectivity index (χ0n) is 15.4. The predicted molar refractivity (Wildman–Crippen MR) is 99.6 cm³/mol. The van der Waals surface area contributed by atoms with E-state index in [1.807, 2.05) is 31.2 Å². The van der Waals surface area contributed by atoms with Crippen molar-refractivity contribution >= 4 is 11.6 Å². The van der Waals surface area contributed by atoms with Crippen LogP contribution in [0.2, 0.25) is 0 Å². The summed E-state index contributed by atoms with van der Waals surface area (Å²) in [5, 5.41) is 0. The van der Waals surface area contributed by atoms with Crippen molar-refractivity contribution in [3.05, 3.63) is 77.4 Å². The number of para-hydroxylation sites is 1. The molecular formula is C22H20F3NO2. The number of nitrogens with zero attached hydrogens (tertiary/aromatic N) is 1. The van der Waals surface area contributed by atoms with Gasteiger partial charge in [0.15, 0.2) is 5.60 Å². The standard InChI is InChI=1S/C22H20F3NO2/c1-15-8-6-7-13-28-21(15)18-11-4-5-12-19(18)26(20(21)27)14-16-9-2-3-10-17(16)22(23,24)25/h2-6,8-12,15H,7,13-14H2,1H3/t15-,21-/m1/s1. The molecule has 0 saturated carbocycles. The molecule has 0 fully saturated rings. The minimum Gasteiger partial charge on any atom is -0.359 e. The molecule has 2 aliphatic rings. The Balaban J connectivity index is 1.81. The maximum absolute atomic E-state index is 13.6. The van der Waals surface area contributed by atoms with Crippen LogP contribution in [-0.2, 0) is 27.9 Å². The molecule has 3 nitrogen and oxygen atoms in total. The number of hydrogen-bond acceptors (Lipinski definition) is 2. The Hall–Kier alpha value is -2.60. The fraction of sp³-hybridized carbons (Fsp3) is 0.318. The van der Waals surface area contributed by atoms with Gasteiger partial charge in [-0.1, -0.05) is 55.5 Å². The molecule has 2 heterocycles. The summed E-state index contributed by atoms with van der Waals surface area (Å²) in [4.78, 5) is 15.0. The Bertz CT molecular complexity index is 937. The zero-order valence-corrected chi connectivity index (χ0v) is 15.4. The molecule has 2 aliphatic heterocycles. The molecule has 2 atom stereocenters. The van der Waals surface area contributed by atoms with E-state index in [0.717, 1.165) is 6.07 Å². The highest BCUT2D eigenvalue weighted by Crippen LogP contribution is 2.49. The molecule has 146 valence electrons. The molecule has 0 aromatic heterocycles. The van der Waals surface area contributed by atoms with E-state index in [9.17, 15) is 18.0 Å². The Morgan fingerprint density at radius 1 is 1.14 bits per heavy atom. The third-order valence-electron chi connectivity index (χ3n) is 5.49. The van der Waals surface area contributed by atoms with Crippen LogP contribution in [-0.4, -0.2) is 12.5 Å². The average molecular weight is 387 g/mol. The minimum atomic E-state index is -4.48. The van der Waals surface area contributed by atoms with Gasteiger partial charge in [-0.05, 0) is 24.1 Å².